The number of hydrogen-bond donors (Lipinski definition) is 1. The van der Waals surface area contributed by atoms with E-state index in [9.17, 15) is 9.59 Å². The van der Waals surface area contributed by atoms with Gasteiger partial charge in [-0.05, 0) is 29.0 Å². The van der Waals surface area contributed by atoms with Crippen molar-refractivity contribution in [3.05, 3.63) is 53.6 Å². The topological polar surface area (TPSA) is 63.6 Å². The smallest absolute Gasteiger partial charge is 0.311 e. The number of ether oxygens (including phenoxy) is 1. The SMILES string of the molecule is O=C(O)CCC(=O)Oc1c2ccccc2cc2ccc(Cl)cc12. The Kier molecular flexibility index (Phi) is 4.17. The number of halogens is 1. The number of benzene rings is 3. The zero-order valence-corrected chi connectivity index (χ0v) is 12.8. The van der Waals surface area contributed by atoms with Crippen molar-refractivity contribution in [3.8, 4) is 5.75 Å². The van der Waals surface area contributed by atoms with Gasteiger partial charge < -0.3 is 9.84 Å². The molecule has 0 aliphatic heterocycles. The van der Waals surface area contributed by atoms with E-state index in [2.05, 4.69) is 0 Å². The van der Waals surface area contributed by atoms with Gasteiger partial charge in [0, 0.05) is 15.8 Å². The van der Waals surface area contributed by atoms with Crippen molar-refractivity contribution in [2.45, 2.75) is 12.8 Å². The monoisotopic (exact) mass is 328 g/mol. The fourth-order valence-corrected chi connectivity index (χ4v) is 2.65. The van der Waals surface area contributed by atoms with Crippen LogP contribution in [0.15, 0.2) is 48.5 Å². The summed E-state index contributed by atoms with van der Waals surface area (Å²) < 4.78 is 5.49. The van der Waals surface area contributed by atoms with E-state index in [4.69, 9.17) is 21.4 Å². The third kappa shape index (κ3) is 3.27. The fourth-order valence-electron chi connectivity index (χ4n) is 2.48. The summed E-state index contributed by atoms with van der Waals surface area (Å²) in [5.41, 5.74) is 0. The number of esters is 1. The molecule has 0 heterocycles. The van der Waals surface area contributed by atoms with Crippen LogP contribution in [0.1, 0.15) is 12.8 Å². The van der Waals surface area contributed by atoms with E-state index in [0.29, 0.717) is 10.8 Å². The molecular formula is C18H13ClO4. The lowest BCUT2D eigenvalue weighted by Crippen LogP contribution is -2.10. The average Bonchev–Trinajstić information content (AvgIpc) is 2.53. The Bertz CT molecular complexity index is 917. The Labute approximate surface area is 137 Å². The fraction of sp³-hybridized carbons (Fsp3) is 0.111. The molecule has 116 valence electrons. The van der Waals surface area contributed by atoms with Crippen LogP contribution in [0.3, 0.4) is 0 Å². The van der Waals surface area contributed by atoms with Crippen molar-refractivity contribution in [1.29, 1.82) is 0 Å². The first-order valence-electron chi connectivity index (χ1n) is 7.08. The Morgan fingerprint density at radius 2 is 1.70 bits per heavy atom. The van der Waals surface area contributed by atoms with E-state index in [-0.39, 0.29) is 12.8 Å². The lowest BCUT2D eigenvalue weighted by molar-refractivity contribution is -0.142. The predicted molar refractivity (Wildman–Crippen MR) is 89.0 cm³/mol. The van der Waals surface area contributed by atoms with E-state index in [1.165, 1.54) is 0 Å². The van der Waals surface area contributed by atoms with Gasteiger partial charge in [-0.3, -0.25) is 9.59 Å². The average molecular weight is 329 g/mol. The molecule has 0 amide bonds. The molecule has 0 aliphatic carbocycles. The van der Waals surface area contributed by atoms with Crippen LogP contribution in [0.25, 0.3) is 21.5 Å². The summed E-state index contributed by atoms with van der Waals surface area (Å²) in [5, 5.41) is 12.6. The Morgan fingerprint density at radius 3 is 2.48 bits per heavy atom. The molecule has 3 rings (SSSR count). The van der Waals surface area contributed by atoms with Crippen LogP contribution in [0, 0.1) is 0 Å². The van der Waals surface area contributed by atoms with Gasteiger partial charge in [0.25, 0.3) is 0 Å². The van der Waals surface area contributed by atoms with Gasteiger partial charge in [0.15, 0.2) is 0 Å². The molecule has 0 spiro atoms. The minimum absolute atomic E-state index is 0.180. The lowest BCUT2D eigenvalue weighted by Gasteiger charge is -2.12. The van der Waals surface area contributed by atoms with E-state index in [0.717, 1.165) is 21.5 Å². The number of carboxylic acids is 1. The number of rotatable bonds is 4. The van der Waals surface area contributed by atoms with Crippen molar-refractivity contribution in [1.82, 2.24) is 0 Å². The molecule has 0 saturated carbocycles. The van der Waals surface area contributed by atoms with Crippen molar-refractivity contribution in [2.24, 2.45) is 0 Å². The number of fused-ring (bicyclic) bond motifs is 2. The summed E-state index contributed by atoms with van der Waals surface area (Å²) in [6, 6.07) is 14.9. The summed E-state index contributed by atoms with van der Waals surface area (Å²) in [4.78, 5) is 22.6. The molecule has 5 heteroatoms. The Balaban J connectivity index is 2.12. The second-order valence-electron chi connectivity index (χ2n) is 5.16. The van der Waals surface area contributed by atoms with Gasteiger partial charge in [0.2, 0.25) is 0 Å². The number of carbonyl (C=O) groups is 2. The molecule has 0 radical (unpaired) electrons. The van der Waals surface area contributed by atoms with Crippen molar-refractivity contribution in [3.63, 3.8) is 0 Å². The highest BCUT2D eigenvalue weighted by Crippen LogP contribution is 2.36. The highest BCUT2D eigenvalue weighted by Gasteiger charge is 2.14. The van der Waals surface area contributed by atoms with Crippen LogP contribution in [0.2, 0.25) is 5.02 Å². The highest BCUT2D eigenvalue weighted by atomic mass is 35.5. The van der Waals surface area contributed by atoms with Gasteiger partial charge in [0.05, 0.1) is 12.8 Å². The maximum atomic E-state index is 12.0. The maximum absolute atomic E-state index is 12.0. The predicted octanol–water partition coefficient (Wildman–Crippen LogP) is 4.42. The minimum atomic E-state index is -1.03. The van der Waals surface area contributed by atoms with Gasteiger partial charge in [-0.15, -0.1) is 0 Å². The normalized spacial score (nSPS) is 10.8. The number of carbonyl (C=O) groups excluding carboxylic acids is 1. The molecule has 4 nitrogen and oxygen atoms in total. The van der Waals surface area contributed by atoms with Gasteiger partial charge in [-0.1, -0.05) is 41.9 Å². The third-order valence-electron chi connectivity index (χ3n) is 3.54. The molecular weight excluding hydrogens is 316 g/mol. The minimum Gasteiger partial charge on any atom is -0.481 e. The first-order chi connectivity index (χ1) is 11.0. The molecule has 23 heavy (non-hydrogen) atoms. The Morgan fingerprint density at radius 1 is 0.957 bits per heavy atom. The molecule has 0 saturated heterocycles. The number of hydrogen-bond acceptors (Lipinski definition) is 3. The molecule has 3 aromatic carbocycles. The molecule has 0 aromatic heterocycles. The van der Waals surface area contributed by atoms with Gasteiger partial charge in [0.1, 0.15) is 5.75 Å². The number of aliphatic carboxylic acids is 1. The zero-order valence-electron chi connectivity index (χ0n) is 12.1. The van der Waals surface area contributed by atoms with Gasteiger partial charge in [-0.2, -0.15) is 0 Å². The molecule has 0 fully saturated rings. The summed E-state index contributed by atoms with van der Waals surface area (Å²) >= 11 is 6.06. The first-order valence-corrected chi connectivity index (χ1v) is 7.46. The summed E-state index contributed by atoms with van der Waals surface area (Å²) in [5.74, 6) is -1.20. The van der Waals surface area contributed by atoms with Crippen LogP contribution < -0.4 is 4.74 Å². The largest absolute Gasteiger partial charge is 0.481 e. The van der Waals surface area contributed by atoms with Crippen LogP contribution in [0.4, 0.5) is 0 Å². The van der Waals surface area contributed by atoms with E-state index < -0.39 is 11.9 Å². The van der Waals surface area contributed by atoms with Crippen LogP contribution in [-0.2, 0) is 9.59 Å². The van der Waals surface area contributed by atoms with Gasteiger partial charge >= 0.3 is 11.9 Å². The molecule has 0 bridgehead atoms. The standard InChI is InChI=1S/C18H13ClO4/c19-13-6-5-12-9-11-3-1-2-4-14(11)18(15(12)10-13)23-17(22)8-7-16(20)21/h1-6,9-10H,7-8H2,(H,20,21). The Hall–Kier alpha value is -2.59. The molecule has 0 atom stereocenters. The van der Waals surface area contributed by atoms with E-state index >= 15 is 0 Å². The van der Waals surface area contributed by atoms with Gasteiger partial charge in [-0.25, -0.2) is 0 Å². The highest BCUT2D eigenvalue weighted by molar-refractivity contribution is 6.31. The molecule has 1 N–H and O–H groups in total. The summed E-state index contributed by atoms with van der Waals surface area (Å²) in [6.07, 6.45) is -0.442. The van der Waals surface area contributed by atoms with E-state index in [1.807, 2.05) is 36.4 Å². The van der Waals surface area contributed by atoms with E-state index in [1.54, 1.807) is 12.1 Å². The quantitative estimate of drug-likeness (QED) is 0.437. The molecule has 0 unspecified atom stereocenters. The zero-order chi connectivity index (χ0) is 16.4. The first kappa shape index (κ1) is 15.3. The maximum Gasteiger partial charge on any atom is 0.311 e. The molecule has 3 aromatic rings. The summed E-state index contributed by atoms with van der Waals surface area (Å²) in [7, 11) is 0. The summed E-state index contributed by atoms with van der Waals surface area (Å²) in [6.45, 7) is 0. The van der Waals surface area contributed by atoms with Crippen LogP contribution in [0.5, 0.6) is 5.75 Å². The van der Waals surface area contributed by atoms with Crippen molar-refractivity contribution in [2.75, 3.05) is 0 Å². The van der Waals surface area contributed by atoms with Crippen LogP contribution >= 0.6 is 11.6 Å². The second kappa shape index (κ2) is 6.26. The second-order valence-corrected chi connectivity index (χ2v) is 5.60. The van der Waals surface area contributed by atoms with Crippen LogP contribution in [-0.4, -0.2) is 17.0 Å². The third-order valence-corrected chi connectivity index (χ3v) is 3.77. The van der Waals surface area contributed by atoms with Crippen molar-refractivity contribution >= 4 is 45.1 Å². The number of carboxylic acid groups (broad SMARTS) is 1. The molecule has 0 aliphatic rings. The van der Waals surface area contributed by atoms with Crippen molar-refractivity contribution < 1.29 is 19.4 Å². The lowest BCUT2D eigenvalue weighted by atomic mass is 10.0.